The van der Waals surface area contributed by atoms with E-state index in [2.05, 4.69) is 30.8 Å². The number of aromatic nitrogens is 2. The second-order valence-electron chi connectivity index (χ2n) is 5.86. The maximum absolute atomic E-state index is 11.7. The van der Waals surface area contributed by atoms with Crippen LogP contribution in [0.3, 0.4) is 0 Å². The number of imidazole rings is 1. The van der Waals surface area contributed by atoms with Gasteiger partial charge in [-0.2, -0.15) is 0 Å². The van der Waals surface area contributed by atoms with Crippen LogP contribution in [0.5, 0.6) is 0 Å². The van der Waals surface area contributed by atoms with Crippen molar-refractivity contribution in [3.05, 3.63) is 16.6 Å². The average molecular weight is 357 g/mol. The number of carboxylic acid groups (broad SMARTS) is 1. The van der Waals surface area contributed by atoms with Gasteiger partial charge >= 0.3 is 5.97 Å². The first kappa shape index (κ1) is 15.0. The summed E-state index contributed by atoms with van der Waals surface area (Å²) in [6.07, 6.45) is 6.81. The molecular weight excluding hydrogens is 336 g/mol. The average Bonchev–Trinajstić information content (AvgIpc) is 3.12. The van der Waals surface area contributed by atoms with Crippen LogP contribution in [-0.2, 0) is 4.79 Å². The maximum atomic E-state index is 11.7. The Labute approximate surface area is 132 Å². The first-order chi connectivity index (χ1) is 10.2. The summed E-state index contributed by atoms with van der Waals surface area (Å²) < 4.78 is 0.591. The van der Waals surface area contributed by atoms with Gasteiger partial charge in [0.25, 0.3) is 0 Å². The Kier molecular flexibility index (Phi) is 4.61. The van der Waals surface area contributed by atoms with Crippen molar-refractivity contribution < 1.29 is 9.90 Å². The zero-order valence-corrected chi connectivity index (χ0v) is 13.5. The Morgan fingerprint density at radius 1 is 1.33 bits per heavy atom. The summed E-state index contributed by atoms with van der Waals surface area (Å²) in [5.74, 6) is -0.825. The van der Waals surface area contributed by atoms with E-state index in [1.165, 1.54) is 32.0 Å². The molecule has 1 aromatic heterocycles. The number of nitrogens with one attached hydrogen (secondary N) is 1. The Bertz CT molecular complexity index is 493. The van der Waals surface area contributed by atoms with Crippen LogP contribution in [0.2, 0.25) is 0 Å². The van der Waals surface area contributed by atoms with Gasteiger partial charge in [-0.25, -0.2) is 4.98 Å². The number of rotatable bonds is 4. The summed E-state index contributed by atoms with van der Waals surface area (Å²) in [4.78, 5) is 23.2. The number of piperazine rings is 1. The molecule has 2 N–H and O–H groups in total. The van der Waals surface area contributed by atoms with Gasteiger partial charge in [-0.15, -0.1) is 0 Å². The maximum Gasteiger partial charge on any atom is 0.327 e. The molecule has 116 valence electrons. The zero-order valence-electron chi connectivity index (χ0n) is 12.0. The number of carbonyl (C=O) groups is 1. The highest BCUT2D eigenvalue weighted by atomic mass is 79.9. The van der Waals surface area contributed by atoms with Crippen molar-refractivity contribution >= 4 is 21.9 Å². The summed E-state index contributed by atoms with van der Waals surface area (Å²) in [7, 11) is 0. The molecule has 1 atom stereocenters. The Hall–Kier alpha value is -0.920. The standard InChI is InChI=1S/C14H21BrN4O2/c15-13-11(16-9-17-13)12(14(20)21)19-7-5-18(6-8-19)10-3-1-2-4-10/h9-10,12H,1-8H2,(H,16,17)(H,20,21). The minimum atomic E-state index is -0.825. The van der Waals surface area contributed by atoms with Crippen LogP contribution >= 0.6 is 15.9 Å². The first-order valence-electron chi connectivity index (χ1n) is 7.56. The Morgan fingerprint density at radius 3 is 2.52 bits per heavy atom. The van der Waals surface area contributed by atoms with E-state index < -0.39 is 12.0 Å². The van der Waals surface area contributed by atoms with Crippen molar-refractivity contribution in [1.82, 2.24) is 19.8 Å². The van der Waals surface area contributed by atoms with Gasteiger partial charge in [-0.3, -0.25) is 14.6 Å². The van der Waals surface area contributed by atoms with E-state index in [-0.39, 0.29) is 0 Å². The lowest BCUT2D eigenvalue weighted by molar-refractivity contribution is -0.144. The highest BCUT2D eigenvalue weighted by Crippen LogP contribution is 2.29. The predicted octanol–water partition coefficient (Wildman–Crippen LogP) is 1.86. The molecular formula is C14H21BrN4O2. The number of aliphatic carboxylic acids is 1. The van der Waals surface area contributed by atoms with E-state index in [1.807, 2.05) is 4.90 Å². The van der Waals surface area contributed by atoms with E-state index in [0.29, 0.717) is 16.3 Å². The van der Waals surface area contributed by atoms with E-state index in [4.69, 9.17) is 0 Å². The minimum absolute atomic E-state index is 0.591. The lowest BCUT2D eigenvalue weighted by Gasteiger charge is -2.40. The molecule has 1 saturated heterocycles. The number of H-pyrrole nitrogens is 1. The normalized spacial score (nSPS) is 23.5. The van der Waals surface area contributed by atoms with Gasteiger partial charge < -0.3 is 10.1 Å². The summed E-state index contributed by atoms with van der Waals surface area (Å²) in [5.41, 5.74) is 0.636. The minimum Gasteiger partial charge on any atom is -0.480 e. The van der Waals surface area contributed by atoms with Gasteiger partial charge in [-0.05, 0) is 28.8 Å². The lowest BCUT2D eigenvalue weighted by atomic mass is 10.1. The van der Waals surface area contributed by atoms with E-state index in [1.54, 1.807) is 0 Å². The smallest absolute Gasteiger partial charge is 0.327 e. The van der Waals surface area contributed by atoms with Crippen molar-refractivity contribution in [2.45, 2.75) is 37.8 Å². The molecule has 7 heteroatoms. The first-order valence-corrected chi connectivity index (χ1v) is 8.36. The molecule has 6 nitrogen and oxygen atoms in total. The topological polar surface area (TPSA) is 72.5 Å². The van der Waals surface area contributed by atoms with Gasteiger partial charge in [0.05, 0.1) is 12.0 Å². The molecule has 1 aromatic rings. The fourth-order valence-corrected chi connectivity index (χ4v) is 4.01. The van der Waals surface area contributed by atoms with Gasteiger partial charge in [0.15, 0.2) is 6.04 Å². The fourth-order valence-electron chi connectivity index (χ4n) is 3.57. The van der Waals surface area contributed by atoms with Crippen LogP contribution in [0.25, 0.3) is 0 Å². The third kappa shape index (κ3) is 3.14. The number of carboxylic acids is 1. The van der Waals surface area contributed by atoms with Crippen molar-refractivity contribution in [3.8, 4) is 0 Å². The second-order valence-corrected chi connectivity index (χ2v) is 6.61. The van der Waals surface area contributed by atoms with Crippen LogP contribution in [0.4, 0.5) is 0 Å². The van der Waals surface area contributed by atoms with Crippen LogP contribution in [0.15, 0.2) is 10.9 Å². The van der Waals surface area contributed by atoms with E-state index in [0.717, 1.165) is 26.2 Å². The highest BCUT2D eigenvalue weighted by molar-refractivity contribution is 9.10. The second kappa shape index (κ2) is 6.46. The molecule has 0 spiro atoms. The number of aromatic amines is 1. The van der Waals surface area contributed by atoms with Crippen LogP contribution < -0.4 is 0 Å². The Balaban J connectivity index is 1.66. The summed E-state index contributed by atoms with van der Waals surface area (Å²) in [6, 6.07) is 0.0712. The fraction of sp³-hybridized carbons (Fsp3) is 0.714. The molecule has 0 bridgehead atoms. The molecule has 0 amide bonds. The quantitative estimate of drug-likeness (QED) is 0.861. The SMILES string of the molecule is O=C(O)C(c1[nH]cnc1Br)N1CCN(C2CCCC2)CC1. The summed E-state index contributed by atoms with van der Waals surface area (Å²) in [5, 5.41) is 9.58. The third-order valence-electron chi connectivity index (χ3n) is 4.68. The molecule has 1 aliphatic carbocycles. The van der Waals surface area contributed by atoms with Crippen LogP contribution in [0.1, 0.15) is 37.4 Å². The molecule has 0 aromatic carbocycles. The van der Waals surface area contributed by atoms with Crippen molar-refractivity contribution in [1.29, 1.82) is 0 Å². The molecule has 1 unspecified atom stereocenters. The van der Waals surface area contributed by atoms with Crippen LogP contribution in [-0.4, -0.2) is 63.1 Å². The van der Waals surface area contributed by atoms with Crippen molar-refractivity contribution in [2.24, 2.45) is 0 Å². The molecule has 0 radical (unpaired) electrons. The van der Waals surface area contributed by atoms with Gasteiger partial charge in [0, 0.05) is 32.2 Å². The van der Waals surface area contributed by atoms with Crippen LogP contribution in [0, 0.1) is 0 Å². The Morgan fingerprint density at radius 2 is 2.00 bits per heavy atom. The van der Waals surface area contributed by atoms with Gasteiger partial charge in [0.1, 0.15) is 4.60 Å². The third-order valence-corrected chi connectivity index (χ3v) is 5.31. The van der Waals surface area contributed by atoms with Gasteiger partial charge in [0.2, 0.25) is 0 Å². The molecule has 3 rings (SSSR count). The summed E-state index contributed by atoms with van der Waals surface area (Å²) >= 11 is 3.32. The monoisotopic (exact) mass is 356 g/mol. The summed E-state index contributed by atoms with van der Waals surface area (Å²) in [6.45, 7) is 3.50. The number of hydrogen-bond donors (Lipinski definition) is 2. The predicted molar refractivity (Wildman–Crippen MR) is 82.1 cm³/mol. The van der Waals surface area contributed by atoms with E-state index in [9.17, 15) is 9.90 Å². The molecule has 1 aliphatic heterocycles. The zero-order chi connectivity index (χ0) is 14.8. The molecule has 1 saturated carbocycles. The van der Waals surface area contributed by atoms with Crippen molar-refractivity contribution in [2.75, 3.05) is 26.2 Å². The molecule has 2 aliphatic rings. The number of hydrogen-bond acceptors (Lipinski definition) is 4. The number of halogens is 1. The van der Waals surface area contributed by atoms with E-state index >= 15 is 0 Å². The lowest BCUT2D eigenvalue weighted by Crippen LogP contribution is -2.51. The largest absolute Gasteiger partial charge is 0.480 e. The highest BCUT2D eigenvalue weighted by Gasteiger charge is 2.34. The number of nitrogens with zero attached hydrogens (tertiary/aromatic N) is 3. The molecule has 21 heavy (non-hydrogen) atoms. The molecule has 2 heterocycles. The van der Waals surface area contributed by atoms with Crippen molar-refractivity contribution in [3.63, 3.8) is 0 Å². The van der Waals surface area contributed by atoms with Gasteiger partial charge in [-0.1, -0.05) is 12.8 Å². The molecule has 2 fully saturated rings.